The first kappa shape index (κ1) is 11.8. The lowest BCUT2D eigenvalue weighted by molar-refractivity contribution is 0.0697. The summed E-state index contributed by atoms with van der Waals surface area (Å²) in [5.74, 6) is -0.997. The molecule has 0 atom stereocenters. The van der Waals surface area contributed by atoms with Crippen LogP contribution in [0, 0.1) is 0 Å². The minimum Gasteiger partial charge on any atom is -0.478 e. The lowest BCUT2D eigenvalue weighted by Crippen LogP contribution is -1.95. The molecule has 0 radical (unpaired) electrons. The van der Waals surface area contributed by atoms with Crippen LogP contribution in [0.4, 0.5) is 0 Å². The Kier molecular flexibility index (Phi) is 4.34. The van der Waals surface area contributed by atoms with Crippen LogP contribution in [-0.4, -0.2) is 22.8 Å². The maximum atomic E-state index is 10.6. The van der Waals surface area contributed by atoms with E-state index < -0.39 is 5.97 Å². The molecule has 3 nitrogen and oxygen atoms in total. The van der Waals surface area contributed by atoms with Crippen molar-refractivity contribution in [3.8, 4) is 0 Å². The van der Waals surface area contributed by atoms with E-state index in [4.69, 9.17) is 21.8 Å². The molecule has 0 aliphatic carbocycles. The normalized spacial score (nSPS) is 10.8. The molecule has 1 aromatic carbocycles. The predicted molar refractivity (Wildman–Crippen MR) is 59.1 cm³/mol. The highest BCUT2D eigenvalue weighted by Crippen LogP contribution is 2.19. The van der Waals surface area contributed by atoms with Crippen LogP contribution in [0.15, 0.2) is 24.3 Å². The molecule has 0 aliphatic heterocycles. The van der Waals surface area contributed by atoms with Gasteiger partial charge in [0, 0.05) is 11.6 Å². The third-order valence-corrected chi connectivity index (χ3v) is 2.17. The van der Waals surface area contributed by atoms with Crippen molar-refractivity contribution in [2.75, 3.05) is 6.61 Å². The second-order valence-electron chi connectivity index (χ2n) is 2.96. The van der Waals surface area contributed by atoms with Gasteiger partial charge in [-0.1, -0.05) is 29.8 Å². The second kappa shape index (κ2) is 5.53. The van der Waals surface area contributed by atoms with Gasteiger partial charge in [0.1, 0.15) is 0 Å². The molecule has 2 N–H and O–H groups in total. The van der Waals surface area contributed by atoms with Crippen LogP contribution >= 0.6 is 11.6 Å². The van der Waals surface area contributed by atoms with Crippen LogP contribution in [0.25, 0.3) is 6.08 Å². The zero-order valence-corrected chi connectivity index (χ0v) is 8.74. The first-order valence-electron chi connectivity index (χ1n) is 4.45. The van der Waals surface area contributed by atoms with Gasteiger partial charge in [-0.3, -0.25) is 0 Å². The molecular weight excluding hydrogens is 216 g/mol. The maximum Gasteiger partial charge on any atom is 0.335 e. The van der Waals surface area contributed by atoms with Crippen molar-refractivity contribution in [2.24, 2.45) is 0 Å². The molecule has 0 saturated carbocycles. The van der Waals surface area contributed by atoms with Gasteiger partial charge >= 0.3 is 5.97 Å². The van der Waals surface area contributed by atoms with Crippen LogP contribution < -0.4 is 0 Å². The standard InChI is InChI=1S/C11H11ClO3/c12-10-7-9(11(14)15)5-4-8(10)3-1-2-6-13/h1,3-5,7,13H,2,6H2,(H,14,15). The van der Waals surface area contributed by atoms with Gasteiger partial charge < -0.3 is 10.2 Å². The zero-order valence-electron chi connectivity index (χ0n) is 7.98. The fourth-order valence-electron chi connectivity index (χ4n) is 1.08. The van der Waals surface area contributed by atoms with Gasteiger partial charge in [0.15, 0.2) is 0 Å². The van der Waals surface area contributed by atoms with Gasteiger partial charge in [-0.05, 0) is 24.1 Å². The maximum absolute atomic E-state index is 10.6. The molecule has 15 heavy (non-hydrogen) atoms. The molecule has 0 fully saturated rings. The SMILES string of the molecule is O=C(O)c1ccc(C=CCCO)c(Cl)c1. The number of hydrogen-bond acceptors (Lipinski definition) is 2. The van der Waals surface area contributed by atoms with Crippen LogP contribution in [0.3, 0.4) is 0 Å². The number of aliphatic hydroxyl groups is 1. The lowest BCUT2D eigenvalue weighted by atomic mass is 10.1. The van der Waals surface area contributed by atoms with Crippen molar-refractivity contribution in [3.05, 3.63) is 40.4 Å². The van der Waals surface area contributed by atoms with Crippen molar-refractivity contribution in [1.82, 2.24) is 0 Å². The van der Waals surface area contributed by atoms with E-state index in [-0.39, 0.29) is 12.2 Å². The largest absolute Gasteiger partial charge is 0.478 e. The number of benzene rings is 1. The highest BCUT2D eigenvalue weighted by molar-refractivity contribution is 6.32. The van der Waals surface area contributed by atoms with Gasteiger partial charge in [-0.2, -0.15) is 0 Å². The molecule has 0 bridgehead atoms. The smallest absolute Gasteiger partial charge is 0.335 e. The van der Waals surface area contributed by atoms with Crippen molar-refractivity contribution in [3.63, 3.8) is 0 Å². The van der Waals surface area contributed by atoms with Crippen LogP contribution in [-0.2, 0) is 0 Å². The van der Waals surface area contributed by atoms with Crippen LogP contribution in [0.2, 0.25) is 5.02 Å². The molecule has 0 amide bonds. The number of carboxylic acids is 1. The van der Waals surface area contributed by atoms with E-state index in [0.717, 1.165) is 5.56 Å². The van der Waals surface area contributed by atoms with Crippen molar-refractivity contribution >= 4 is 23.6 Å². The van der Waals surface area contributed by atoms with E-state index in [1.165, 1.54) is 12.1 Å². The van der Waals surface area contributed by atoms with E-state index in [9.17, 15) is 4.79 Å². The number of carbonyl (C=O) groups is 1. The molecule has 80 valence electrons. The molecule has 0 aliphatic rings. The minimum atomic E-state index is -0.997. The van der Waals surface area contributed by atoms with Gasteiger partial charge in [-0.25, -0.2) is 4.79 Å². The molecule has 1 aromatic rings. The molecular formula is C11H11ClO3. The Morgan fingerprint density at radius 2 is 2.20 bits per heavy atom. The molecule has 0 aromatic heterocycles. The van der Waals surface area contributed by atoms with E-state index >= 15 is 0 Å². The Labute approximate surface area is 92.6 Å². The van der Waals surface area contributed by atoms with E-state index in [1.54, 1.807) is 18.2 Å². The third kappa shape index (κ3) is 3.38. The van der Waals surface area contributed by atoms with E-state index in [0.29, 0.717) is 11.4 Å². The fourth-order valence-corrected chi connectivity index (χ4v) is 1.32. The summed E-state index contributed by atoms with van der Waals surface area (Å²) in [6.45, 7) is 0.0847. The second-order valence-corrected chi connectivity index (χ2v) is 3.36. The molecule has 0 heterocycles. The lowest BCUT2D eigenvalue weighted by Gasteiger charge is -2.00. The van der Waals surface area contributed by atoms with E-state index in [1.807, 2.05) is 0 Å². The number of aromatic carboxylic acids is 1. The molecule has 0 unspecified atom stereocenters. The number of rotatable bonds is 4. The Bertz CT molecular complexity index is 385. The molecule has 0 saturated heterocycles. The van der Waals surface area contributed by atoms with Gasteiger partial charge in [-0.15, -0.1) is 0 Å². The fraction of sp³-hybridized carbons (Fsp3) is 0.182. The average molecular weight is 227 g/mol. The van der Waals surface area contributed by atoms with Crippen molar-refractivity contribution < 1.29 is 15.0 Å². The summed E-state index contributed by atoms with van der Waals surface area (Å²) >= 11 is 5.88. The van der Waals surface area contributed by atoms with Crippen molar-refractivity contribution in [1.29, 1.82) is 0 Å². The molecule has 0 spiro atoms. The quantitative estimate of drug-likeness (QED) is 0.829. The monoisotopic (exact) mass is 226 g/mol. The first-order valence-corrected chi connectivity index (χ1v) is 4.83. The summed E-state index contributed by atoms with van der Waals surface area (Å²) in [7, 11) is 0. The summed E-state index contributed by atoms with van der Waals surface area (Å²) in [6, 6.07) is 4.54. The molecule has 4 heteroatoms. The summed E-state index contributed by atoms with van der Waals surface area (Å²) in [6.07, 6.45) is 4.09. The Hall–Kier alpha value is -1.32. The average Bonchev–Trinajstić information content (AvgIpc) is 2.20. The zero-order chi connectivity index (χ0) is 11.3. The highest BCUT2D eigenvalue weighted by atomic mass is 35.5. The van der Waals surface area contributed by atoms with Gasteiger partial charge in [0.05, 0.1) is 5.56 Å². The molecule has 1 rings (SSSR count). The van der Waals surface area contributed by atoms with Gasteiger partial charge in [0.2, 0.25) is 0 Å². The first-order chi connectivity index (χ1) is 7.15. The van der Waals surface area contributed by atoms with Crippen LogP contribution in [0.1, 0.15) is 22.3 Å². The number of halogens is 1. The van der Waals surface area contributed by atoms with Crippen molar-refractivity contribution in [2.45, 2.75) is 6.42 Å². The van der Waals surface area contributed by atoms with Gasteiger partial charge in [0.25, 0.3) is 0 Å². The summed E-state index contributed by atoms with van der Waals surface area (Å²) in [4.78, 5) is 10.6. The number of hydrogen-bond donors (Lipinski definition) is 2. The minimum absolute atomic E-state index is 0.0847. The summed E-state index contributed by atoms with van der Waals surface area (Å²) in [5.41, 5.74) is 0.912. The number of carboxylic acid groups (broad SMARTS) is 1. The summed E-state index contributed by atoms with van der Waals surface area (Å²) in [5, 5.41) is 17.7. The van der Waals surface area contributed by atoms with Crippen LogP contribution in [0.5, 0.6) is 0 Å². The highest BCUT2D eigenvalue weighted by Gasteiger charge is 2.04. The topological polar surface area (TPSA) is 57.5 Å². The Balaban J connectivity index is 2.88. The third-order valence-electron chi connectivity index (χ3n) is 1.84. The Morgan fingerprint density at radius 3 is 2.73 bits per heavy atom. The number of aliphatic hydroxyl groups excluding tert-OH is 1. The summed E-state index contributed by atoms with van der Waals surface area (Å²) < 4.78 is 0. The predicted octanol–water partition coefficient (Wildman–Crippen LogP) is 2.43. The van der Waals surface area contributed by atoms with E-state index in [2.05, 4.69) is 0 Å². The Morgan fingerprint density at radius 1 is 1.47 bits per heavy atom.